The lowest BCUT2D eigenvalue weighted by Crippen LogP contribution is -2.28. The van der Waals surface area contributed by atoms with E-state index >= 15 is 0 Å². The monoisotopic (exact) mass is 807 g/mol. The van der Waals surface area contributed by atoms with Crippen LogP contribution in [0.25, 0.3) is 55.3 Å². The van der Waals surface area contributed by atoms with Crippen molar-refractivity contribution in [2.24, 2.45) is 0 Å². The van der Waals surface area contributed by atoms with Crippen molar-refractivity contribution in [3.8, 4) is 33.4 Å². The van der Waals surface area contributed by atoms with Crippen molar-refractivity contribution in [2.75, 3.05) is 4.90 Å². The van der Waals surface area contributed by atoms with Gasteiger partial charge in [-0.15, -0.1) is 0 Å². The van der Waals surface area contributed by atoms with Crippen molar-refractivity contribution in [1.82, 2.24) is 0 Å². The van der Waals surface area contributed by atoms with Crippen LogP contribution in [-0.4, -0.2) is 0 Å². The fourth-order valence-electron chi connectivity index (χ4n) is 12.0. The molecule has 0 spiro atoms. The van der Waals surface area contributed by atoms with Crippen LogP contribution in [0, 0.1) is 0 Å². The van der Waals surface area contributed by atoms with Crippen LogP contribution < -0.4 is 4.90 Å². The van der Waals surface area contributed by atoms with Gasteiger partial charge in [0, 0.05) is 38.7 Å². The summed E-state index contributed by atoms with van der Waals surface area (Å²) < 4.78 is 6.88. The Balaban J connectivity index is 1.00. The molecule has 1 heterocycles. The van der Waals surface area contributed by atoms with Gasteiger partial charge in [-0.2, -0.15) is 0 Å². The predicted octanol–water partition coefficient (Wildman–Crippen LogP) is 16.0. The van der Waals surface area contributed by atoms with Crippen LogP contribution in [-0.2, 0) is 16.2 Å². The molecule has 3 aliphatic rings. The summed E-state index contributed by atoms with van der Waals surface area (Å²) in [4.78, 5) is 2.46. The van der Waals surface area contributed by atoms with Crippen LogP contribution in [0.5, 0.6) is 0 Å². The third-order valence-electron chi connectivity index (χ3n) is 15.0. The molecule has 0 radical (unpaired) electrons. The number of hydrogen-bond donors (Lipinski definition) is 0. The molecule has 9 aromatic carbocycles. The average molecular weight is 808 g/mol. The molecule has 0 aliphatic heterocycles. The molecule has 0 unspecified atom stereocenters. The van der Waals surface area contributed by atoms with Crippen LogP contribution in [0.3, 0.4) is 0 Å². The molecule has 0 saturated carbocycles. The van der Waals surface area contributed by atoms with Crippen LogP contribution >= 0.6 is 0 Å². The van der Waals surface area contributed by atoms with Gasteiger partial charge in [-0.3, -0.25) is 0 Å². The maximum absolute atomic E-state index is 6.88. The van der Waals surface area contributed by atoms with Gasteiger partial charge >= 0.3 is 0 Å². The molecule has 0 bridgehead atoms. The summed E-state index contributed by atoms with van der Waals surface area (Å²) >= 11 is 0. The van der Waals surface area contributed by atoms with E-state index in [2.05, 4.69) is 233 Å². The molecule has 0 saturated heterocycles. The summed E-state index contributed by atoms with van der Waals surface area (Å²) in [7, 11) is 0. The molecular weight excluding hydrogens is 763 g/mol. The van der Waals surface area contributed by atoms with Crippen molar-refractivity contribution >= 4 is 39.0 Å². The van der Waals surface area contributed by atoms with Gasteiger partial charge in [0.2, 0.25) is 0 Å². The molecule has 0 atom stereocenters. The highest BCUT2D eigenvalue weighted by molar-refractivity contribution is 6.07. The lowest BCUT2D eigenvalue weighted by molar-refractivity contribution is 0.660. The first-order valence-corrected chi connectivity index (χ1v) is 22.3. The van der Waals surface area contributed by atoms with Gasteiger partial charge in [0.15, 0.2) is 0 Å². The number of nitrogens with zero attached hydrogens (tertiary/aromatic N) is 1. The topological polar surface area (TPSA) is 16.4 Å². The lowest BCUT2D eigenvalue weighted by Gasteiger charge is -2.33. The molecule has 0 amide bonds. The zero-order valence-electron chi connectivity index (χ0n) is 35.9. The van der Waals surface area contributed by atoms with E-state index in [9.17, 15) is 0 Å². The third-order valence-corrected chi connectivity index (χ3v) is 15.0. The van der Waals surface area contributed by atoms with Gasteiger partial charge in [-0.1, -0.05) is 179 Å². The molecular formula is C61H45NO. The molecule has 1 aromatic heterocycles. The molecule has 0 fully saturated rings. The Morgan fingerprint density at radius 3 is 1.32 bits per heavy atom. The van der Waals surface area contributed by atoms with E-state index in [4.69, 9.17) is 4.42 Å². The van der Waals surface area contributed by atoms with E-state index in [0.29, 0.717) is 0 Å². The van der Waals surface area contributed by atoms with Crippen LogP contribution in [0.4, 0.5) is 17.1 Å². The molecule has 13 rings (SSSR count). The first-order valence-electron chi connectivity index (χ1n) is 22.3. The zero-order valence-corrected chi connectivity index (χ0v) is 35.9. The minimum absolute atomic E-state index is 0.130. The Hall–Kier alpha value is -7.42. The van der Waals surface area contributed by atoms with Gasteiger partial charge < -0.3 is 9.32 Å². The Morgan fingerprint density at radius 2 is 0.762 bits per heavy atom. The largest absolute Gasteiger partial charge is 0.456 e. The van der Waals surface area contributed by atoms with Crippen LogP contribution in [0.15, 0.2) is 205 Å². The Kier molecular flexibility index (Phi) is 7.37. The van der Waals surface area contributed by atoms with Crippen LogP contribution in [0.1, 0.15) is 72.2 Å². The second-order valence-corrected chi connectivity index (χ2v) is 18.8. The highest BCUT2D eigenvalue weighted by atomic mass is 16.3. The summed E-state index contributed by atoms with van der Waals surface area (Å²) in [5, 5.41) is 2.21. The Morgan fingerprint density at radius 1 is 0.317 bits per heavy atom. The number of rotatable bonds is 5. The second kappa shape index (κ2) is 12.8. The summed E-state index contributed by atoms with van der Waals surface area (Å²) in [5.74, 6) is 0. The van der Waals surface area contributed by atoms with E-state index in [1.165, 1.54) is 77.9 Å². The van der Waals surface area contributed by atoms with Crippen molar-refractivity contribution in [3.63, 3.8) is 0 Å². The van der Waals surface area contributed by atoms with E-state index in [1.807, 2.05) is 0 Å². The number of anilines is 3. The Labute approximate surface area is 368 Å². The molecule has 0 N–H and O–H groups in total. The number of benzene rings is 9. The van der Waals surface area contributed by atoms with Gasteiger partial charge in [0.05, 0.1) is 5.41 Å². The van der Waals surface area contributed by atoms with E-state index < -0.39 is 5.41 Å². The summed E-state index contributed by atoms with van der Waals surface area (Å²) in [6.45, 7) is 9.46. The minimum atomic E-state index is -0.494. The SMILES string of the molecule is CC1(C)c2ccccc2-c2ccc(N(c3ccc4c(c3)C(C)(C)c3ccccc3-4)c3ccc4oc5cc(C6(c7ccccc7)c7ccccc7-c7ccccc76)ccc5c4c3)cc21. The molecule has 2 heteroatoms. The first kappa shape index (κ1) is 36.3. The van der Waals surface area contributed by atoms with Crippen molar-refractivity contribution < 1.29 is 4.42 Å². The van der Waals surface area contributed by atoms with Gasteiger partial charge in [-0.05, 0) is 126 Å². The minimum Gasteiger partial charge on any atom is -0.456 e. The maximum Gasteiger partial charge on any atom is 0.135 e. The van der Waals surface area contributed by atoms with E-state index in [0.717, 1.165) is 39.0 Å². The van der Waals surface area contributed by atoms with Gasteiger partial charge in [-0.25, -0.2) is 0 Å². The molecule has 63 heavy (non-hydrogen) atoms. The molecule has 3 aliphatic carbocycles. The number of fused-ring (bicyclic) bond motifs is 12. The molecule has 300 valence electrons. The summed E-state index contributed by atoms with van der Waals surface area (Å²) in [5.41, 5.74) is 22.7. The fraction of sp³-hybridized carbons (Fsp3) is 0.115. The zero-order chi connectivity index (χ0) is 42.2. The highest BCUT2D eigenvalue weighted by Gasteiger charge is 2.46. The lowest BCUT2D eigenvalue weighted by atomic mass is 9.67. The van der Waals surface area contributed by atoms with E-state index in [1.54, 1.807) is 0 Å². The Bertz CT molecular complexity index is 3380. The average Bonchev–Trinajstić information content (AvgIpc) is 3.98. The summed E-state index contributed by atoms with van der Waals surface area (Å²) in [6, 6.07) is 74.5. The number of furan rings is 1. The standard InChI is InChI=1S/C61H45NO/c1-59(2)51-22-12-8-18-43(51)47-31-27-41(36-55(47)59)62(42-28-32-48-44-19-9-13-23-52(44)60(3,4)56(48)37-42)40-29-33-57-50(35-40)49-30-26-39(34-58(49)63-57)61(38-16-6-5-7-17-38)53-24-14-10-20-45(53)46-21-11-15-25-54(46)61/h5-37H,1-4H3. The quantitative estimate of drug-likeness (QED) is 0.172. The van der Waals surface area contributed by atoms with Crippen LogP contribution in [0.2, 0.25) is 0 Å². The van der Waals surface area contributed by atoms with Crippen molar-refractivity contribution in [3.05, 3.63) is 245 Å². The van der Waals surface area contributed by atoms with Gasteiger partial charge in [0.25, 0.3) is 0 Å². The highest BCUT2D eigenvalue weighted by Crippen LogP contribution is 2.57. The van der Waals surface area contributed by atoms with Crippen molar-refractivity contribution in [1.29, 1.82) is 0 Å². The molecule has 10 aromatic rings. The van der Waals surface area contributed by atoms with E-state index in [-0.39, 0.29) is 10.8 Å². The molecule has 2 nitrogen and oxygen atoms in total. The smallest absolute Gasteiger partial charge is 0.135 e. The fourth-order valence-corrected chi connectivity index (χ4v) is 12.0. The normalized spacial score (nSPS) is 15.4. The summed E-state index contributed by atoms with van der Waals surface area (Å²) in [6.07, 6.45) is 0. The predicted molar refractivity (Wildman–Crippen MR) is 261 cm³/mol. The number of hydrogen-bond acceptors (Lipinski definition) is 2. The van der Waals surface area contributed by atoms with Gasteiger partial charge in [0.1, 0.15) is 11.2 Å². The third kappa shape index (κ3) is 4.84. The second-order valence-electron chi connectivity index (χ2n) is 18.8. The first-order chi connectivity index (χ1) is 30.7. The van der Waals surface area contributed by atoms with Crippen molar-refractivity contribution in [2.45, 2.75) is 43.9 Å². The maximum atomic E-state index is 6.88.